The first kappa shape index (κ1) is 19.2. The van der Waals surface area contributed by atoms with Gasteiger partial charge in [-0.3, -0.25) is 0 Å². The van der Waals surface area contributed by atoms with Gasteiger partial charge in [-0.15, -0.1) is 10.2 Å². The summed E-state index contributed by atoms with van der Waals surface area (Å²) in [4.78, 5) is 0.743. The van der Waals surface area contributed by atoms with Crippen molar-refractivity contribution < 1.29 is 14.2 Å². The maximum Gasteiger partial charge on any atom is 0.234 e. The fourth-order valence-electron chi connectivity index (χ4n) is 3.05. The average Bonchev–Trinajstić information content (AvgIpc) is 3.32. The molecule has 8 heteroatoms. The van der Waals surface area contributed by atoms with Crippen LogP contribution in [0.15, 0.2) is 42.5 Å². The fourth-order valence-corrected chi connectivity index (χ4v) is 3.93. The Kier molecular flexibility index (Phi) is 5.62. The zero-order chi connectivity index (χ0) is 20.2. The lowest BCUT2D eigenvalue weighted by atomic mass is 10.1. The van der Waals surface area contributed by atoms with Crippen molar-refractivity contribution in [3.63, 3.8) is 0 Å². The summed E-state index contributed by atoms with van der Waals surface area (Å²) in [6.07, 6.45) is 0.631. The van der Waals surface area contributed by atoms with Crippen molar-refractivity contribution >= 4 is 16.3 Å². The van der Waals surface area contributed by atoms with Crippen molar-refractivity contribution in [1.82, 2.24) is 19.8 Å². The van der Waals surface area contributed by atoms with Crippen LogP contribution in [0.3, 0.4) is 0 Å². The van der Waals surface area contributed by atoms with Gasteiger partial charge < -0.3 is 14.2 Å². The lowest BCUT2D eigenvalue weighted by Crippen LogP contribution is -2.01. The molecular formula is C21H22N4O3S. The van der Waals surface area contributed by atoms with E-state index in [9.17, 15) is 0 Å². The molecule has 0 amide bonds. The highest BCUT2D eigenvalue weighted by atomic mass is 32.1. The summed E-state index contributed by atoms with van der Waals surface area (Å²) in [5.74, 6) is 3.04. The zero-order valence-electron chi connectivity index (χ0n) is 16.6. The Morgan fingerprint density at radius 1 is 0.966 bits per heavy atom. The van der Waals surface area contributed by atoms with Gasteiger partial charge in [-0.05, 0) is 43.7 Å². The number of hydrogen-bond donors (Lipinski definition) is 0. The summed E-state index contributed by atoms with van der Waals surface area (Å²) in [5.41, 5.74) is 2.01. The maximum absolute atomic E-state index is 5.88. The number of aromatic nitrogens is 4. The van der Waals surface area contributed by atoms with Crippen molar-refractivity contribution in [3.05, 3.63) is 53.9 Å². The van der Waals surface area contributed by atoms with Crippen LogP contribution >= 0.6 is 11.3 Å². The van der Waals surface area contributed by atoms with Gasteiger partial charge in [0.15, 0.2) is 22.3 Å². The first-order chi connectivity index (χ1) is 14.2. The molecule has 150 valence electrons. The molecule has 0 saturated heterocycles. The normalized spacial score (nSPS) is 11.0. The first-order valence-electron chi connectivity index (χ1n) is 9.46. The molecule has 0 aliphatic carbocycles. The van der Waals surface area contributed by atoms with E-state index in [1.54, 1.807) is 11.6 Å². The number of benzene rings is 2. The molecule has 4 rings (SSSR count). The molecule has 0 N–H and O–H groups in total. The average molecular weight is 410 g/mol. The molecular weight excluding hydrogens is 388 g/mol. The highest BCUT2D eigenvalue weighted by molar-refractivity contribution is 7.19. The number of rotatable bonds is 8. The van der Waals surface area contributed by atoms with E-state index in [-0.39, 0.29) is 0 Å². The predicted molar refractivity (Wildman–Crippen MR) is 112 cm³/mol. The zero-order valence-corrected chi connectivity index (χ0v) is 17.4. The van der Waals surface area contributed by atoms with E-state index in [1.165, 1.54) is 11.3 Å². The second-order valence-corrected chi connectivity index (χ2v) is 7.20. The van der Waals surface area contributed by atoms with Gasteiger partial charge >= 0.3 is 0 Å². The minimum Gasteiger partial charge on any atom is -0.497 e. The molecule has 7 nitrogen and oxygen atoms in total. The quantitative estimate of drug-likeness (QED) is 0.432. The van der Waals surface area contributed by atoms with E-state index in [0.717, 1.165) is 38.4 Å². The largest absolute Gasteiger partial charge is 0.497 e. The number of nitrogens with zero attached hydrogens (tertiary/aromatic N) is 4. The molecule has 0 atom stereocenters. The van der Waals surface area contributed by atoms with Gasteiger partial charge in [0.25, 0.3) is 0 Å². The minimum atomic E-state index is 0.546. The third kappa shape index (κ3) is 3.88. The molecule has 2 aromatic heterocycles. The molecule has 29 heavy (non-hydrogen) atoms. The van der Waals surface area contributed by atoms with E-state index in [0.29, 0.717) is 25.4 Å². The number of fused-ring (bicyclic) bond motifs is 1. The van der Waals surface area contributed by atoms with E-state index >= 15 is 0 Å². The monoisotopic (exact) mass is 410 g/mol. The van der Waals surface area contributed by atoms with Crippen LogP contribution in [0, 0.1) is 0 Å². The summed E-state index contributed by atoms with van der Waals surface area (Å²) in [5, 5.41) is 14.2. The summed E-state index contributed by atoms with van der Waals surface area (Å²) in [7, 11) is 1.66. The Morgan fingerprint density at radius 3 is 2.48 bits per heavy atom. The van der Waals surface area contributed by atoms with E-state index in [1.807, 2.05) is 56.3 Å². The standard InChI is InChI=1S/C21H22N4O3S/c1-4-27-17-8-6-7-16(19(17)28-5-2)20-24-25-18(22-23-21(25)29-20)13-14-9-11-15(26-3)12-10-14/h6-12H,4-5,13H2,1-3H3. The van der Waals surface area contributed by atoms with E-state index in [2.05, 4.69) is 10.2 Å². The van der Waals surface area contributed by atoms with Crippen LogP contribution in [0.1, 0.15) is 25.2 Å². The third-order valence-electron chi connectivity index (χ3n) is 4.37. The Bertz CT molecular complexity index is 1110. The van der Waals surface area contributed by atoms with Gasteiger partial charge in [0.05, 0.1) is 25.9 Å². The second-order valence-electron chi connectivity index (χ2n) is 6.24. The second kappa shape index (κ2) is 8.48. The molecule has 0 aliphatic rings. The van der Waals surface area contributed by atoms with Crippen molar-refractivity contribution in [2.75, 3.05) is 20.3 Å². The topological polar surface area (TPSA) is 70.8 Å². The molecule has 2 heterocycles. The van der Waals surface area contributed by atoms with Gasteiger partial charge in [0, 0.05) is 6.42 Å². The van der Waals surface area contributed by atoms with Gasteiger partial charge in [-0.2, -0.15) is 9.61 Å². The Morgan fingerprint density at radius 2 is 1.76 bits per heavy atom. The highest BCUT2D eigenvalue weighted by Gasteiger charge is 2.19. The van der Waals surface area contributed by atoms with Crippen LogP contribution in [-0.4, -0.2) is 40.1 Å². The van der Waals surface area contributed by atoms with E-state index in [4.69, 9.17) is 19.3 Å². The van der Waals surface area contributed by atoms with Crippen molar-refractivity contribution in [3.8, 4) is 27.8 Å². The smallest absolute Gasteiger partial charge is 0.234 e. The van der Waals surface area contributed by atoms with Crippen LogP contribution in [0.4, 0.5) is 0 Å². The predicted octanol–water partition coefficient (Wildman–Crippen LogP) is 4.25. The number of para-hydroxylation sites is 1. The minimum absolute atomic E-state index is 0.546. The first-order valence-corrected chi connectivity index (χ1v) is 10.3. The van der Waals surface area contributed by atoms with Gasteiger partial charge in [-0.1, -0.05) is 29.5 Å². The summed E-state index contributed by atoms with van der Waals surface area (Å²) < 4.78 is 18.6. The van der Waals surface area contributed by atoms with Crippen LogP contribution in [-0.2, 0) is 6.42 Å². The SMILES string of the molecule is CCOc1cccc(-c2nn3c(Cc4ccc(OC)cc4)nnc3s2)c1OCC. The highest BCUT2D eigenvalue weighted by Crippen LogP contribution is 2.40. The summed E-state index contributed by atoms with van der Waals surface area (Å²) >= 11 is 1.48. The maximum atomic E-state index is 5.88. The fraction of sp³-hybridized carbons (Fsp3) is 0.286. The third-order valence-corrected chi connectivity index (χ3v) is 5.31. The number of methoxy groups -OCH3 is 1. The van der Waals surface area contributed by atoms with Gasteiger partial charge in [0.2, 0.25) is 4.96 Å². The molecule has 0 aliphatic heterocycles. The molecule has 0 spiro atoms. The van der Waals surface area contributed by atoms with Crippen molar-refractivity contribution in [2.45, 2.75) is 20.3 Å². The molecule has 4 aromatic rings. The lowest BCUT2D eigenvalue weighted by Gasteiger charge is -2.13. The van der Waals surface area contributed by atoms with Gasteiger partial charge in [0.1, 0.15) is 5.75 Å². The molecule has 0 radical (unpaired) electrons. The Hall–Kier alpha value is -3.13. The van der Waals surface area contributed by atoms with Crippen LogP contribution in [0.5, 0.6) is 17.2 Å². The Balaban J connectivity index is 1.69. The summed E-state index contributed by atoms with van der Waals surface area (Å²) in [6, 6.07) is 13.8. The molecule has 2 aromatic carbocycles. The summed E-state index contributed by atoms with van der Waals surface area (Å²) in [6.45, 7) is 5.03. The molecule has 0 bridgehead atoms. The number of hydrogen-bond acceptors (Lipinski definition) is 7. The van der Waals surface area contributed by atoms with Crippen LogP contribution in [0.25, 0.3) is 15.5 Å². The van der Waals surface area contributed by atoms with Crippen LogP contribution in [0.2, 0.25) is 0 Å². The van der Waals surface area contributed by atoms with E-state index < -0.39 is 0 Å². The molecule has 0 unspecified atom stereocenters. The number of ether oxygens (including phenoxy) is 3. The van der Waals surface area contributed by atoms with Crippen molar-refractivity contribution in [1.29, 1.82) is 0 Å². The molecule has 0 fully saturated rings. The van der Waals surface area contributed by atoms with Gasteiger partial charge in [-0.25, -0.2) is 0 Å². The lowest BCUT2D eigenvalue weighted by molar-refractivity contribution is 0.289. The van der Waals surface area contributed by atoms with Crippen molar-refractivity contribution in [2.24, 2.45) is 0 Å². The molecule has 0 saturated carbocycles. The van der Waals surface area contributed by atoms with Crippen LogP contribution < -0.4 is 14.2 Å². The Labute approximate surface area is 172 Å².